The zero-order chi connectivity index (χ0) is 27.6. The van der Waals surface area contributed by atoms with Crippen LogP contribution < -0.4 is 5.32 Å². The van der Waals surface area contributed by atoms with Crippen LogP contribution in [-0.2, 0) is 19.9 Å². The van der Waals surface area contributed by atoms with Crippen molar-refractivity contribution < 1.29 is 18.8 Å². The number of anilines is 1. The summed E-state index contributed by atoms with van der Waals surface area (Å²) in [6, 6.07) is 9.59. The molecular formula is C29H31Cl2FN4O3. The van der Waals surface area contributed by atoms with Crippen LogP contribution in [0.1, 0.15) is 49.1 Å². The molecule has 0 radical (unpaired) electrons. The molecule has 1 aliphatic carbocycles. The maximum atomic E-state index is 15.9. The van der Waals surface area contributed by atoms with E-state index in [-0.39, 0.29) is 41.6 Å². The molecule has 3 aliphatic heterocycles. The molecule has 1 N–H and O–H groups in total. The Hall–Kier alpha value is -2.68. The van der Waals surface area contributed by atoms with Crippen LogP contribution in [0, 0.1) is 11.7 Å². The Bertz CT molecular complexity index is 1370. The van der Waals surface area contributed by atoms with Crippen LogP contribution in [0.3, 0.4) is 0 Å². The summed E-state index contributed by atoms with van der Waals surface area (Å²) < 4.78 is 15.9. The quantitative estimate of drug-likeness (QED) is 0.548. The van der Waals surface area contributed by atoms with Gasteiger partial charge in [0.2, 0.25) is 17.7 Å². The first-order valence-corrected chi connectivity index (χ1v) is 14.2. The van der Waals surface area contributed by atoms with Gasteiger partial charge in [-0.1, -0.05) is 41.4 Å². The minimum atomic E-state index is -1.23. The fourth-order valence-corrected chi connectivity index (χ4v) is 7.37. The predicted octanol–water partition coefficient (Wildman–Crippen LogP) is 4.63. The Kier molecular flexibility index (Phi) is 6.63. The molecule has 4 aliphatic rings. The lowest BCUT2D eigenvalue weighted by Gasteiger charge is -2.41. The highest BCUT2D eigenvalue weighted by Gasteiger charge is 2.70. The van der Waals surface area contributed by atoms with Gasteiger partial charge in [-0.2, -0.15) is 0 Å². The van der Waals surface area contributed by atoms with Gasteiger partial charge in [0.25, 0.3) is 0 Å². The van der Waals surface area contributed by atoms with Crippen LogP contribution in [0.25, 0.3) is 0 Å². The van der Waals surface area contributed by atoms with Crippen molar-refractivity contribution in [2.45, 2.75) is 55.6 Å². The largest absolute Gasteiger partial charge is 0.349 e. The van der Waals surface area contributed by atoms with E-state index < -0.39 is 23.3 Å². The molecule has 3 fully saturated rings. The number of carbonyl (C=O) groups excluding carboxylic acids is 3. The molecule has 10 heteroatoms. The van der Waals surface area contributed by atoms with Crippen LogP contribution >= 0.6 is 23.2 Å². The fraction of sp³-hybridized carbons (Fsp3) is 0.483. The van der Waals surface area contributed by atoms with Gasteiger partial charge in [-0.15, -0.1) is 0 Å². The van der Waals surface area contributed by atoms with E-state index in [1.807, 2.05) is 6.07 Å². The summed E-state index contributed by atoms with van der Waals surface area (Å²) in [5.41, 5.74) is 0.432. The van der Waals surface area contributed by atoms with Crippen LogP contribution in [-0.4, -0.2) is 71.7 Å². The van der Waals surface area contributed by atoms with Gasteiger partial charge in [0, 0.05) is 68.3 Å². The molecule has 206 valence electrons. The van der Waals surface area contributed by atoms with Crippen molar-refractivity contribution in [1.29, 1.82) is 0 Å². The van der Waals surface area contributed by atoms with E-state index >= 15 is 4.39 Å². The average Bonchev–Trinajstić information content (AvgIpc) is 3.45. The van der Waals surface area contributed by atoms with E-state index in [1.165, 1.54) is 11.0 Å². The third-order valence-corrected chi connectivity index (χ3v) is 9.42. The number of fused-ring (bicyclic) bond motifs is 3. The lowest BCUT2D eigenvalue weighted by molar-refractivity contribution is -0.137. The summed E-state index contributed by atoms with van der Waals surface area (Å²) in [7, 11) is 3.32. The standard InChI is InChI=1S/C29H31Cl2FN4O3/c1-34(2)23(37)10-11-24(38)35-13-12-22-27(35)25(18-4-3-5-20(31)26(18)32)29(36(22)15-16-6-7-16)19-9-8-17(30)14-21(19)33-28(29)39/h3-5,8-9,14,16,22,25,27H,6-7,10-13,15H2,1-2H3,(H,33,39)/t22-,25-,27?,29+/m0/s1. The third-order valence-electron chi connectivity index (χ3n) is 8.89. The minimum absolute atomic E-state index is 0.0259. The minimum Gasteiger partial charge on any atom is -0.349 e. The van der Waals surface area contributed by atoms with Crippen molar-refractivity contribution in [3.63, 3.8) is 0 Å². The topological polar surface area (TPSA) is 73.0 Å². The number of hydrogen-bond acceptors (Lipinski definition) is 4. The molecule has 2 aromatic rings. The monoisotopic (exact) mass is 572 g/mol. The molecule has 2 aromatic carbocycles. The highest BCUT2D eigenvalue weighted by molar-refractivity contribution is 6.31. The summed E-state index contributed by atoms with van der Waals surface area (Å²) in [5, 5.41) is 3.51. The summed E-state index contributed by atoms with van der Waals surface area (Å²) in [4.78, 5) is 45.7. The van der Waals surface area contributed by atoms with Crippen molar-refractivity contribution in [2.24, 2.45) is 5.92 Å². The van der Waals surface area contributed by atoms with Crippen molar-refractivity contribution in [2.75, 3.05) is 32.5 Å². The number of halogens is 3. The molecule has 2 saturated heterocycles. The Morgan fingerprint density at radius 3 is 2.62 bits per heavy atom. The Labute approximate surface area is 237 Å². The summed E-state index contributed by atoms with van der Waals surface area (Å²) >= 11 is 12.6. The smallest absolute Gasteiger partial charge is 0.250 e. The fourth-order valence-electron chi connectivity index (χ4n) is 7.01. The third kappa shape index (κ3) is 4.14. The molecule has 4 atom stereocenters. The highest BCUT2D eigenvalue weighted by atomic mass is 35.5. The Balaban J connectivity index is 1.52. The molecule has 6 rings (SSSR count). The van der Waals surface area contributed by atoms with Crippen molar-refractivity contribution >= 4 is 46.6 Å². The van der Waals surface area contributed by atoms with Gasteiger partial charge in [0.15, 0.2) is 0 Å². The van der Waals surface area contributed by atoms with Gasteiger partial charge in [0.05, 0.1) is 11.1 Å². The molecule has 3 amide bonds. The van der Waals surface area contributed by atoms with Gasteiger partial charge >= 0.3 is 0 Å². The van der Waals surface area contributed by atoms with Crippen LogP contribution in [0.15, 0.2) is 36.4 Å². The van der Waals surface area contributed by atoms with Crippen LogP contribution in [0.5, 0.6) is 0 Å². The predicted molar refractivity (Wildman–Crippen MR) is 147 cm³/mol. The first kappa shape index (κ1) is 26.5. The van der Waals surface area contributed by atoms with Crippen molar-refractivity contribution in [1.82, 2.24) is 14.7 Å². The van der Waals surface area contributed by atoms with Gasteiger partial charge in [0.1, 0.15) is 11.4 Å². The second kappa shape index (κ2) is 9.75. The number of rotatable bonds is 6. The van der Waals surface area contributed by atoms with E-state index in [1.54, 1.807) is 43.3 Å². The molecule has 1 saturated carbocycles. The van der Waals surface area contributed by atoms with E-state index in [0.717, 1.165) is 18.4 Å². The lowest BCUT2D eigenvalue weighted by Crippen LogP contribution is -2.53. The van der Waals surface area contributed by atoms with Gasteiger partial charge in [-0.3, -0.25) is 19.3 Å². The number of amides is 3. The van der Waals surface area contributed by atoms with Crippen molar-refractivity contribution in [3.8, 4) is 0 Å². The van der Waals surface area contributed by atoms with Crippen LogP contribution in [0.4, 0.5) is 10.1 Å². The normalized spacial score (nSPS) is 27.6. The molecule has 1 spiro atoms. The van der Waals surface area contributed by atoms with Gasteiger partial charge < -0.3 is 15.1 Å². The second-order valence-corrected chi connectivity index (χ2v) is 12.2. The average molecular weight is 573 g/mol. The van der Waals surface area contributed by atoms with Gasteiger partial charge in [-0.25, -0.2) is 4.39 Å². The number of carbonyl (C=O) groups is 3. The Morgan fingerprint density at radius 1 is 1.13 bits per heavy atom. The Morgan fingerprint density at radius 2 is 1.90 bits per heavy atom. The highest BCUT2D eigenvalue weighted by Crippen LogP contribution is 2.61. The number of nitrogens with zero attached hydrogens (tertiary/aromatic N) is 3. The zero-order valence-corrected chi connectivity index (χ0v) is 23.4. The summed E-state index contributed by atoms with van der Waals surface area (Å²) in [6.07, 6.45) is 2.95. The zero-order valence-electron chi connectivity index (χ0n) is 21.9. The van der Waals surface area contributed by atoms with E-state index in [4.69, 9.17) is 23.2 Å². The second-order valence-electron chi connectivity index (χ2n) is 11.3. The van der Waals surface area contributed by atoms with Crippen LogP contribution in [0.2, 0.25) is 10.0 Å². The summed E-state index contributed by atoms with van der Waals surface area (Å²) in [5.74, 6) is -1.38. The lowest BCUT2D eigenvalue weighted by atomic mass is 9.73. The van der Waals surface area contributed by atoms with Gasteiger partial charge in [-0.05, 0) is 48.9 Å². The number of nitrogens with one attached hydrogen (secondary N) is 1. The van der Waals surface area contributed by atoms with E-state index in [0.29, 0.717) is 41.7 Å². The number of hydrogen-bond donors (Lipinski definition) is 1. The first-order valence-electron chi connectivity index (χ1n) is 13.5. The number of benzene rings is 2. The van der Waals surface area contributed by atoms with Crippen molar-refractivity contribution in [3.05, 3.63) is 63.4 Å². The van der Waals surface area contributed by atoms with E-state index in [2.05, 4.69) is 10.2 Å². The maximum absolute atomic E-state index is 15.9. The molecule has 0 bridgehead atoms. The molecule has 39 heavy (non-hydrogen) atoms. The molecule has 0 aromatic heterocycles. The van der Waals surface area contributed by atoms with E-state index in [9.17, 15) is 14.4 Å². The maximum Gasteiger partial charge on any atom is 0.250 e. The summed E-state index contributed by atoms with van der Waals surface area (Å²) in [6.45, 7) is 1.16. The first-order chi connectivity index (χ1) is 18.6. The molecular weight excluding hydrogens is 542 g/mol. The molecule has 7 nitrogen and oxygen atoms in total. The molecule has 3 heterocycles. The molecule has 1 unspecified atom stereocenters. The SMILES string of the molecule is CN(C)C(=O)CCC(=O)N1CC[C@H]2C1[C@H](c1cccc(Cl)c1F)[C@]1(C(=O)Nc3cc(Cl)ccc31)N2CC1CC1. The number of likely N-dealkylation sites (tertiary alicyclic amines) is 2.